The minimum Gasteiger partial charge on any atom is -0.504 e. The zero-order valence-electron chi connectivity index (χ0n) is 22.1. The van der Waals surface area contributed by atoms with Crippen LogP contribution in [0.25, 0.3) is 6.08 Å². The van der Waals surface area contributed by atoms with E-state index in [4.69, 9.17) is 18.9 Å². The van der Waals surface area contributed by atoms with Crippen LogP contribution in [0.2, 0.25) is 0 Å². The van der Waals surface area contributed by atoms with Gasteiger partial charge in [-0.3, -0.25) is 9.36 Å². The molecule has 1 aliphatic rings. The number of carbonyl (C=O) groups is 1. The Morgan fingerprint density at radius 3 is 2.53 bits per heavy atom. The highest BCUT2D eigenvalue weighted by atomic mass is 32.1. The van der Waals surface area contributed by atoms with Gasteiger partial charge >= 0.3 is 5.97 Å². The zero-order valence-corrected chi connectivity index (χ0v) is 22.9. The third-order valence-electron chi connectivity index (χ3n) is 5.88. The average Bonchev–Trinajstić information content (AvgIpc) is 3.18. The molecule has 0 saturated carbocycles. The molecule has 0 amide bonds. The Hall–Kier alpha value is -4.05. The van der Waals surface area contributed by atoms with Crippen molar-refractivity contribution >= 4 is 23.4 Å². The van der Waals surface area contributed by atoms with Crippen LogP contribution in [0, 0.1) is 0 Å². The van der Waals surface area contributed by atoms with Crippen molar-refractivity contribution in [1.29, 1.82) is 0 Å². The molecule has 0 bridgehead atoms. The lowest BCUT2D eigenvalue weighted by molar-refractivity contribution is -0.139. The second kappa shape index (κ2) is 11.1. The van der Waals surface area contributed by atoms with Gasteiger partial charge in [-0.2, -0.15) is 0 Å². The highest BCUT2D eigenvalue weighted by Crippen LogP contribution is 2.36. The molecule has 9 nitrogen and oxygen atoms in total. The first-order chi connectivity index (χ1) is 18.2. The lowest BCUT2D eigenvalue weighted by Crippen LogP contribution is -2.40. The number of nitrogens with zero attached hydrogens (tertiary/aromatic N) is 2. The zero-order chi connectivity index (χ0) is 27.6. The maximum Gasteiger partial charge on any atom is 0.338 e. The molecule has 0 spiro atoms. The summed E-state index contributed by atoms with van der Waals surface area (Å²) in [5, 5.41) is 9.93. The number of aromatic hydroxyl groups is 1. The molecule has 200 valence electrons. The molecular formula is C28H30N2O7S. The molecule has 38 heavy (non-hydrogen) atoms. The third-order valence-corrected chi connectivity index (χ3v) is 6.87. The fraction of sp³-hybridized carbons (Fsp3) is 0.321. The van der Waals surface area contributed by atoms with Crippen LogP contribution < -0.4 is 29.1 Å². The first-order valence-electron chi connectivity index (χ1n) is 12.1. The number of esters is 1. The Balaban J connectivity index is 1.94. The lowest BCUT2D eigenvalue weighted by Gasteiger charge is -2.25. The van der Waals surface area contributed by atoms with Gasteiger partial charge in [-0.1, -0.05) is 23.5 Å². The molecule has 1 atom stereocenters. The van der Waals surface area contributed by atoms with Crippen LogP contribution >= 0.6 is 11.3 Å². The molecule has 0 radical (unpaired) electrons. The van der Waals surface area contributed by atoms with Crippen LogP contribution in [0.15, 0.2) is 57.5 Å². The number of hydrogen-bond acceptors (Lipinski definition) is 9. The quantitative estimate of drug-likeness (QED) is 0.439. The normalized spacial score (nSPS) is 15.2. The number of rotatable bonds is 8. The van der Waals surface area contributed by atoms with Crippen LogP contribution in [0.3, 0.4) is 0 Å². The first-order valence-corrected chi connectivity index (χ1v) is 12.9. The second-order valence-electron chi connectivity index (χ2n) is 8.81. The van der Waals surface area contributed by atoms with Gasteiger partial charge in [-0.05, 0) is 69.2 Å². The van der Waals surface area contributed by atoms with E-state index >= 15 is 0 Å². The van der Waals surface area contributed by atoms with Crippen molar-refractivity contribution in [3.8, 4) is 23.0 Å². The van der Waals surface area contributed by atoms with E-state index in [-0.39, 0.29) is 29.6 Å². The number of carbonyl (C=O) groups excluding carboxylic acids is 1. The molecule has 3 aromatic rings. The summed E-state index contributed by atoms with van der Waals surface area (Å²) >= 11 is 1.21. The summed E-state index contributed by atoms with van der Waals surface area (Å²) in [6, 6.07) is 9.38. The molecular weight excluding hydrogens is 508 g/mol. The van der Waals surface area contributed by atoms with Crippen LogP contribution in [0.1, 0.15) is 44.9 Å². The van der Waals surface area contributed by atoms with Gasteiger partial charge < -0.3 is 24.1 Å². The van der Waals surface area contributed by atoms with Crippen molar-refractivity contribution < 1.29 is 28.8 Å². The van der Waals surface area contributed by atoms with Gasteiger partial charge in [0.1, 0.15) is 0 Å². The fourth-order valence-electron chi connectivity index (χ4n) is 4.25. The highest BCUT2D eigenvalue weighted by molar-refractivity contribution is 7.07. The Kier molecular flexibility index (Phi) is 7.91. The fourth-order valence-corrected chi connectivity index (χ4v) is 5.29. The molecule has 1 unspecified atom stereocenters. The van der Waals surface area contributed by atoms with Gasteiger partial charge in [0.05, 0.1) is 48.8 Å². The standard InChI is InChI=1S/C28H30N2O7S/c1-7-36-27(33)24-16(4)29-28-30(25(24)18-9-11-20(37-15(2)3)22(14-18)35-6)26(32)23(38-28)13-17-8-10-19(31)21(12-17)34-5/h8-15,25,31H,7H2,1-6H3. The number of phenolic OH excluding ortho intramolecular Hbond substituents is 1. The van der Waals surface area contributed by atoms with E-state index < -0.39 is 12.0 Å². The number of aromatic nitrogens is 1. The van der Waals surface area contributed by atoms with E-state index in [2.05, 4.69) is 4.99 Å². The van der Waals surface area contributed by atoms with Crippen molar-refractivity contribution in [3.05, 3.63) is 78.5 Å². The Bertz CT molecular complexity index is 1580. The predicted octanol–water partition coefficient (Wildman–Crippen LogP) is 3.31. The first kappa shape index (κ1) is 27.0. The van der Waals surface area contributed by atoms with Crippen LogP contribution in [-0.4, -0.2) is 42.6 Å². The summed E-state index contributed by atoms with van der Waals surface area (Å²) in [6.45, 7) is 7.47. The SMILES string of the molecule is CCOC(=O)C1=C(C)N=c2sc(=Cc3ccc(O)c(OC)c3)c(=O)n2C1c1ccc(OC(C)C)c(OC)c1. The summed E-state index contributed by atoms with van der Waals surface area (Å²) in [4.78, 5) is 32.0. The van der Waals surface area contributed by atoms with Gasteiger partial charge in [0.25, 0.3) is 5.56 Å². The number of benzene rings is 2. The topological polar surface area (TPSA) is 109 Å². The van der Waals surface area contributed by atoms with Gasteiger partial charge in [0.2, 0.25) is 0 Å². The Morgan fingerprint density at radius 2 is 1.87 bits per heavy atom. The Morgan fingerprint density at radius 1 is 1.13 bits per heavy atom. The predicted molar refractivity (Wildman–Crippen MR) is 144 cm³/mol. The number of allylic oxidation sites excluding steroid dienone is 1. The van der Waals surface area contributed by atoms with Gasteiger partial charge in [-0.25, -0.2) is 9.79 Å². The molecule has 2 aromatic carbocycles. The largest absolute Gasteiger partial charge is 0.504 e. The van der Waals surface area contributed by atoms with Crippen molar-refractivity contribution in [2.75, 3.05) is 20.8 Å². The van der Waals surface area contributed by atoms with E-state index in [0.29, 0.717) is 43.4 Å². The number of fused-ring (bicyclic) bond motifs is 1. The van der Waals surface area contributed by atoms with Crippen LogP contribution in [0.4, 0.5) is 0 Å². The summed E-state index contributed by atoms with van der Waals surface area (Å²) < 4.78 is 23.9. The van der Waals surface area contributed by atoms with Crippen molar-refractivity contribution in [2.24, 2.45) is 4.99 Å². The van der Waals surface area contributed by atoms with E-state index in [1.165, 1.54) is 36.2 Å². The maximum absolute atomic E-state index is 13.8. The summed E-state index contributed by atoms with van der Waals surface area (Å²) in [7, 11) is 3.00. The number of thiazole rings is 1. The Labute approximate surface area is 223 Å². The third kappa shape index (κ3) is 5.17. The van der Waals surface area contributed by atoms with Gasteiger partial charge in [0, 0.05) is 0 Å². The summed E-state index contributed by atoms with van der Waals surface area (Å²) in [6.07, 6.45) is 1.63. The molecule has 1 N–H and O–H groups in total. The molecule has 4 rings (SSSR count). The molecule has 0 saturated heterocycles. The molecule has 1 aromatic heterocycles. The minimum atomic E-state index is -0.788. The number of phenols is 1. The van der Waals surface area contributed by atoms with E-state index in [0.717, 1.165) is 0 Å². The number of methoxy groups -OCH3 is 2. The molecule has 10 heteroatoms. The van der Waals surface area contributed by atoms with Crippen molar-refractivity contribution in [2.45, 2.75) is 39.8 Å². The average molecular weight is 539 g/mol. The number of hydrogen-bond donors (Lipinski definition) is 1. The van der Waals surface area contributed by atoms with E-state index in [9.17, 15) is 14.7 Å². The monoisotopic (exact) mass is 538 g/mol. The summed E-state index contributed by atoms with van der Waals surface area (Å²) in [5.74, 6) is 0.781. The highest BCUT2D eigenvalue weighted by Gasteiger charge is 2.34. The van der Waals surface area contributed by atoms with Crippen molar-refractivity contribution in [3.63, 3.8) is 0 Å². The molecule has 0 aliphatic carbocycles. The summed E-state index contributed by atoms with van der Waals surface area (Å²) in [5.41, 5.74) is 1.74. The molecule has 1 aliphatic heterocycles. The van der Waals surface area contributed by atoms with E-state index in [1.807, 2.05) is 19.9 Å². The van der Waals surface area contributed by atoms with Gasteiger partial charge in [-0.15, -0.1) is 0 Å². The maximum atomic E-state index is 13.8. The van der Waals surface area contributed by atoms with Crippen LogP contribution in [0.5, 0.6) is 23.0 Å². The molecule has 2 heterocycles. The second-order valence-corrected chi connectivity index (χ2v) is 9.82. The smallest absolute Gasteiger partial charge is 0.338 e. The van der Waals surface area contributed by atoms with E-state index in [1.54, 1.807) is 44.2 Å². The van der Waals surface area contributed by atoms with Crippen LogP contribution in [-0.2, 0) is 9.53 Å². The van der Waals surface area contributed by atoms with Gasteiger partial charge in [0.15, 0.2) is 27.8 Å². The lowest BCUT2D eigenvalue weighted by atomic mass is 9.95. The number of ether oxygens (including phenoxy) is 4. The molecule has 0 fully saturated rings. The van der Waals surface area contributed by atoms with Crippen molar-refractivity contribution in [1.82, 2.24) is 4.57 Å². The minimum absolute atomic E-state index is 0.000321.